The highest BCUT2D eigenvalue weighted by molar-refractivity contribution is 6.86. The number of hydrogen-bond acceptors (Lipinski definition) is 2. The second kappa shape index (κ2) is 9.40. The number of hydrogen-bond donors (Lipinski definition) is 0. The molecule has 4 heteroatoms. The fourth-order valence-corrected chi connectivity index (χ4v) is 6.97. The van der Waals surface area contributed by atoms with Crippen molar-refractivity contribution in [2.45, 2.75) is 52.4 Å². The fraction of sp³-hybridized carbons (Fsp3) is 0.200. The zero-order valence-electron chi connectivity index (χ0n) is 26.3. The molecular weight excluding hydrogens is 535 g/mol. The van der Waals surface area contributed by atoms with Crippen LogP contribution >= 0.6 is 0 Å². The molecule has 0 saturated heterocycles. The van der Waals surface area contributed by atoms with Crippen LogP contribution in [0.5, 0.6) is 5.75 Å². The number of rotatable bonds is 2. The number of aromatic nitrogens is 1. The number of nitrogens with zero attached hydrogens (tertiary/aromatic N) is 2. The summed E-state index contributed by atoms with van der Waals surface area (Å²) in [5, 5.41) is 1.24. The molecule has 0 aliphatic carbocycles. The molecule has 3 heterocycles. The highest BCUT2D eigenvalue weighted by Crippen LogP contribution is 2.47. The molecule has 1 aromatic heterocycles. The van der Waals surface area contributed by atoms with Crippen LogP contribution in [0.2, 0.25) is 0 Å². The van der Waals surface area contributed by atoms with Gasteiger partial charge in [0.2, 0.25) is 0 Å². The molecular formula is C40H37BN2O. The first kappa shape index (κ1) is 26.9. The standard InChI is InChI=1S/C40H37BN2O/c1-39(2,3)26-16-19-29(20-17-26)43-33-21-18-27(40(4,5)6)24-32(33)41-38-35(43)25-34-30(22-23-42(34)28-12-8-7-9-13-28)37(38)31-14-10-11-15-36(31)44-41/h7-25H,1-6H3. The molecule has 216 valence electrons. The first-order chi connectivity index (χ1) is 21.1. The lowest BCUT2D eigenvalue weighted by Gasteiger charge is -2.40. The molecule has 8 rings (SSSR count). The van der Waals surface area contributed by atoms with E-state index in [1.165, 1.54) is 49.9 Å². The van der Waals surface area contributed by atoms with Crippen LogP contribution in [0.1, 0.15) is 52.7 Å². The molecule has 0 amide bonds. The Morgan fingerprint density at radius 2 is 1.30 bits per heavy atom. The number of benzene rings is 5. The fourth-order valence-electron chi connectivity index (χ4n) is 6.97. The second-order valence-electron chi connectivity index (χ2n) is 14.3. The van der Waals surface area contributed by atoms with E-state index < -0.39 is 0 Å². The van der Waals surface area contributed by atoms with Crippen molar-refractivity contribution in [1.29, 1.82) is 0 Å². The van der Waals surface area contributed by atoms with Crippen LogP contribution in [0.25, 0.3) is 27.7 Å². The Morgan fingerprint density at radius 3 is 2.02 bits per heavy atom. The highest BCUT2D eigenvalue weighted by atomic mass is 16.4. The average molecular weight is 573 g/mol. The Hall–Kier alpha value is -4.70. The van der Waals surface area contributed by atoms with Crippen molar-refractivity contribution in [1.82, 2.24) is 4.57 Å². The summed E-state index contributed by atoms with van der Waals surface area (Å²) in [6.45, 7) is 13.5. The summed E-state index contributed by atoms with van der Waals surface area (Å²) < 4.78 is 9.31. The Bertz CT molecular complexity index is 2060. The lowest BCUT2D eigenvalue weighted by atomic mass is 9.49. The molecule has 2 aliphatic heterocycles. The summed E-state index contributed by atoms with van der Waals surface area (Å²) in [6.07, 6.45) is 2.21. The van der Waals surface area contributed by atoms with E-state index >= 15 is 0 Å². The van der Waals surface area contributed by atoms with E-state index in [4.69, 9.17) is 4.65 Å². The molecule has 0 atom stereocenters. The van der Waals surface area contributed by atoms with Gasteiger partial charge in [0, 0.05) is 45.4 Å². The van der Waals surface area contributed by atoms with E-state index in [-0.39, 0.29) is 17.7 Å². The minimum absolute atomic E-state index is 0.0146. The summed E-state index contributed by atoms with van der Waals surface area (Å²) in [5.74, 6) is 0.936. The van der Waals surface area contributed by atoms with Crippen LogP contribution < -0.4 is 20.5 Å². The first-order valence-corrected chi connectivity index (χ1v) is 15.6. The van der Waals surface area contributed by atoms with Crippen LogP contribution in [0.4, 0.5) is 17.1 Å². The van der Waals surface area contributed by atoms with Gasteiger partial charge >= 0.3 is 6.92 Å². The molecule has 6 aromatic rings. The third-order valence-corrected chi connectivity index (χ3v) is 9.36. The van der Waals surface area contributed by atoms with Gasteiger partial charge in [-0.15, -0.1) is 0 Å². The topological polar surface area (TPSA) is 17.4 Å². The van der Waals surface area contributed by atoms with Crippen molar-refractivity contribution in [3.8, 4) is 22.6 Å². The Labute approximate surface area is 260 Å². The molecule has 0 fully saturated rings. The zero-order valence-corrected chi connectivity index (χ0v) is 26.3. The third kappa shape index (κ3) is 4.04. The highest BCUT2D eigenvalue weighted by Gasteiger charge is 2.44. The van der Waals surface area contributed by atoms with Gasteiger partial charge in [0.1, 0.15) is 5.75 Å². The van der Waals surface area contributed by atoms with Gasteiger partial charge in [0.15, 0.2) is 0 Å². The molecule has 2 aliphatic rings. The van der Waals surface area contributed by atoms with Gasteiger partial charge in [0.25, 0.3) is 0 Å². The van der Waals surface area contributed by atoms with E-state index in [0.29, 0.717) is 0 Å². The van der Waals surface area contributed by atoms with Crippen molar-refractivity contribution < 1.29 is 4.65 Å². The van der Waals surface area contributed by atoms with E-state index in [1.807, 2.05) is 0 Å². The number of anilines is 3. The summed E-state index contributed by atoms with van der Waals surface area (Å²) in [7, 11) is 0. The molecule has 0 bridgehead atoms. The van der Waals surface area contributed by atoms with Gasteiger partial charge in [0.05, 0.1) is 5.52 Å². The van der Waals surface area contributed by atoms with Crippen LogP contribution in [-0.4, -0.2) is 11.5 Å². The summed E-state index contributed by atoms with van der Waals surface area (Å²) in [5.41, 5.74) is 13.4. The minimum atomic E-state index is -0.207. The van der Waals surface area contributed by atoms with E-state index in [1.54, 1.807) is 0 Å². The van der Waals surface area contributed by atoms with Crippen molar-refractivity contribution >= 4 is 45.8 Å². The van der Waals surface area contributed by atoms with Crippen molar-refractivity contribution in [2.24, 2.45) is 0 Å². The van der Waals surface area contributed by atoms with Crippen molar-refractivity contribution in [3.63, 3.8) is 0 Å². The van der Waals surface area contributed by atoms with Crippen molar-refractivity contribution in [3.05, 3.63) is 127 Å². The van der Waals surface area contributed by atoms with Gasteiger partial charge in [-0.05, 0) is 81.5 Å². The van der Waals surface area contributed by atoms with Crippen LogP contribution in [0, 0.1) is 0 Å². The number of para-hydroxylation sites is 2. The molecule has 5 aromatic carbocycles. The molecule has 0 unspecified atom stereocenters. The molecule has 0 spiro atoms. The predicted molar refractivity (Wildman–Crippen MR) is 186 cm³/mol. The average Bonchev–Trinajstić information content (AvgIpc) is 3.44. The normalized spacial score (nSPS) is 13.8. The van der Waals surface area contributed by atoms with Crippen molar-refractivity contribution in [2.75, 3.05) is 4.90 Å². The van der Waals surface area contributed by atoms with Gasteiger partial charge < -0.3 is 14.1 Å². The maximum Gasteiger partial charge on any atom is 0.431 e. The van der Waals surface area contributed by atoms with Gasteiger partial charge in [-0.3, -0.25) is 0 Å². The monoisotopic (exact) mass is 572 g/mol. The predicted octanol–water partition coefficient (Wildman–Crippen LogP) is 9.17. The summed E-state index contributed by atoms with van der Waals surface area (Å²) >= 11 is 0. The molecule has 0 N–H and O–H groups in total. The van der Waals surface area contributed by atoms with Crippen LogP contribution in [0.3, 0.4) is 0 Å². The lowest BCUT2D eigenvalue weighted by molar-refractivity contribution is 0.585. The van der Waals surface area contributed by atoms with Gasteiger partial charge in [-0.1, -0.05) is 102 Å². The van der Waals surface area contributed by atoms with E-state index in [9.17, 15) is 0 Å². The lowest BCUT2D eigenvalue weighted by Crippen LogP contribution is -2.56. The second-order valence-corrected chi connectivity index (χ2v) is 14.3. The maximum atomic E-state index is 6.99. The number of fused-ring (bicyclic) bond motifs is 6. The smallest absolute Gasteiger partial charge is 0.431 e. The minimum Gasteiger partial charge on any atom is -0.551 e. The van der Waals surface area contributed by atoms with Crippen LogP contribution in [-0.2, 0) is 10.8 Å². The van der Waals surface area contributed by atoms with Crippen LogP contribution in [0.15, 0.2) is 115 Å². The molecule has 0 saturated carbocycles. The quantitative estimate of drug-likeness (QED) is 0.193. The molecule has 3 nitrogen and oxygen atoms in total. The maximum absolute atomic E-state index is 6.99. The largest absolute Gasteiger partial charge is 0.551 e. The molecule has 0 radical (unpaired) electrons. The SMILES string of the molecule is CC(C)(C)c1ccc(N2c3ccc(C(C)(C)C)cc3B3Oc4ccccc4-c4c3c2cc2c4ccn2-c2ccccc2)cc1. The summed E-state index contributed by atoms with van der Waals surface area (Å²) in [6, 6.07) is 40.0. The van der Waals surface area contributed by atoms with E-state index in [0.717, 1.165) is 22.7 Å². The van der Waals surface area contributed by atoms with E-state index in [2.05, 4.69) is 166 Å². The Kier molecular flexibility index (Phi) is 5.75. The Balaban J connectivity index is 1.48. The van der Waals surface area contributed by atoms with Gasteiger partial charge in [-0.25, -0.2) is 0 Å². The molecule has 44 heavy (non-hydrogen) atoms. The Morgan fingerprint density at radius 1 is 0.614 bits per heavy atom. The third-order valence-electron chi connectivity index (χ3n) is 9.36. The first-order valence-electron chi connectivity index (χ1n) is 15.6. The zero-order chi connectivity index (χ0) is 30.4. The summed E-state index contributed by atoms with van der Waals surface area (Å²) in [4.78, 5) is 2.46. The van der Waals surface area contributed by atoms with Gasteiger partial charge in [-0.2, -0.15) is 0 Å².